The van der Waals surface area contributed by atoms with E-state index < -0.39 is 16.1 Å². The van der Waals surface area contributed by atoms with Crippen molar-refractivity contribution in [2.75, 3.05) is 31.1 Å². The number of rotatable bonds is 4. The molecule has 0 spiro atoms. The molecule has 0 bridgehead atoms. The summed E-state index contributed by atoms with van der Waals surface area (Å²) < 4.78 is 27.8. The van der Waals surface area contributed by atoms with Crippen LogP contribution in [0.1, 0.15) is 28.7 Å². The van der Waals surface area contributed by atoms with Crippen LogP contribution in [0.15, 0.2) is 41.3 Å². The smallest absolute Gasteiger partial charge is 0.292 e. The zero-order chi connectivity index (χ0) is 23.2. The summed E-state index contributed by atoms with van der Waals surface area (Å²) in [6.45, 7) is 9.20. The van der Waals surface area contributed by atoms with E-state index in [2.05, 4.69) is 0 Å². The Kier molecular flexibility index (Phi) is 5.96. The summed E-state index contributed by atoms with van der Waals surface area (Å²) in [5.74, 6) is -0.372. The molecule has 2 aromatic rings. The first kappa shape index (κ1) is 22.6. The minimum Gasteiger partial charge on any atom is -0.322 e. The molecule has 32 heavy (non-hydrogen) atoms. The predicted octanol–water partition coefficient (Wildman–Crippen LogP) is 1.14. The van der Waals surface area contributed by atoms with E-state index in [0.29, 0.717) is 36.8 Å². The number of hydrogen-bond donors (Lipinski definition) is 1. The van der Waals surface area contributed by atoms with Gasteiger partial charge in [-0.15, -0.1) is 0 Å². The Morgan fingerprint density at radius 2 is 1.53 bits per heavy atom. The standard InChI is InChI=1S/C24H29N3O4S/c1-16-8-9-21(19(4)14-16)32(30,31)26-12-10-25(11-13-26)20-15-22(28)27(24(20)29)23-17(2)6-5-7-18(23)3/h5-9,14,20H,10-13,15H2,1-4H3/p+1/t20-/m1/s1. The number of quaternary nitrogens is 1. The van der Waals surface area contributed by atoms with Crippen LogP contribution < -0.4 is 9.80 Å². The van der Waals surface area contributed by atoms with Crippen molar-refractivity contribution in [1.29, 1.82) is 0 Å². The van der Waals surface area contributed by atoms with Gasteiger partial charge in [-0.2, -0.15) is 4.31 Å². The van der Waals surface area contributed by atoms with Crippen LogP contribution in [0, 0.1) is 27.7 Å². The van der Waals surface area contributed by atoms with Gasteiger partial charge in [0.2, 0.25) is 15.9 Å². The molecule has 170 valence electrons. The third-order valence-electron chi connectivity index (χ3n) is 6.62. The van der Waals surface area contributed by atoms with Crippen LogP contribution in [0.2, 0.25) is 0 Å². The van der Waals surface area contributed by atoms with Crippen molar-refractivity contribution in [2.45, 2.75) is 45.1 Å². The molecule has 1 atom stereocenters. The molecule has 0 aliphatic carbocycles. The summed E-state index contributed by atoms with van der Waals surface area (Å²) >= 11 is 0. The second kappa shape index (κ2) is 8.42. The van der Waals surface area contributed by atoms with Crippen molar-refractivity contribution in [3.63, 3.8) is 0 Å². The van der Waals surface area contributed by atoms with Crippen LogP contribution in [-0.2, 0) is 19.6 Å². The molecule has 0 aromatic heterocycles. The summed E-state index contributed by atoms with van der Waals surface area (Å²) in [6.07, 6.45) is 0.158. The highest BCUT2D eigenvalue weighted by Gasteiger charge is 2.47. The van der Waals surface area contributed by atoms with Crippen LogP contribution >= 0.6 is 0 Å². The second-order valence-corrected chi connectivity index (χ2v) is 10.8. The van der Waals surface area contributed by atoms with Gasteiger partial charge >= 0.3 is 0 Å². The summed E-state index contributed by atoms with van der Waals surface area (Å²) in [5, 5.41) is 0. The average molecular weight is 457 g/mol. The van der Waals surface area contributed by atoms with E-state index in [1.807, 2.05) is 58.0 Å². The number of anilines is 1. The number of imide groups is 1. The molecule has 2 aliphatic rings. The van der Waals surface area contributed by atoms with Gasteiger partial charge in [0.05, 0.1) is 43.2 Å². The molecular weight excluding hydrogens is 426 g/mol. The number of aryl methyl sites for hydroxylation is 4. The number of nitrogens with one attached hydrogen (secondary N) is 1. The van der Waals surface area contributed by atoms with Crippen molar-refractivity contribution < 1.29 is 22.9 Å². The van der Waals surface area contributed by atoms with Crippen molar-refractivity contribution in [3.05, 3.63) is 58.7 Å². The quantitative estimate of drug-likeness (QED) is 0.700. The molecule has 2 amide bonds. The first-order chi connectivity index (χ1) is 15.1. The van der Waals surface area contributed by atoms with Crippen LogP contribution in [0.5, 0.6) is 0 Å². The number of para-hydroxylation sites is 1. The van der Waals surface area contributed by atoms with Crippen LogP contribution in [0.3, 0.4) is 0 Å². The second-order valence-electron chi connectivity index (χ2n) is 8.90. The zero-order valence-electron chi connectivity index (χ0n) is 19.0. The monoisotopic (exact) mass is 456 g/mol. The van der Waals surface area contributed by atoms with Gasteiger partial charge < -0.3 is 4.90 Å². The molecule has 2 saturated heterocycles. The maximum Gasteiger partial charge on any atom is 0.292 e. The van der Waals surface area contributed by atoms with Crippen LogP contribution in [-0.4, -0.2) is 56.8 Å². The van der Waals surface area contributed by atoms with Crippen molar-refractivity contribution in [1.82, 2.24) is 4.31 Å². The topological polar surface area (TPSA) is 79.2 Å². The fourth-order valence-corrected chi connectivity index (χ4v) is 6.58. The van der Waals surface area contributed by atoms with Gasteiger partial charge in [-0.1, -0.05) is 35.9 Å². The third-order valence-corrected chi connectivity index (χ3v) is 8.67. The van der Waals surface area contributed by atoms with Crippen LogP contribution in [0.25, 0.3) is 0 Å². The molecule has 8 heteroatoms. The van der Waals surface area contributed by atoms with Gasteiger partial charge in [0.1, 0.15) is 0 Å². The van der Waals surface area contributed by atoms with E-state index in [0.717, 1.165) is 27.2 Å². The van der Waals surface area contributed by atoms with Gasteiger partial charge in [0, 0.05) is 0 Å². The molecule has 2 aliphatic heterocycles. The number of piperazine rings is 1. The lowest BCUT2D eigenvalue weighted by Gasteiger charge is -2.34. The lowest BCUT2D eigenvalue weighted by Crippen LogP contribution is -3.19. The van der Waals surface area contributed by atoms with E-state index in [1.165, 1.54) is 9.21 Å². The zero-order valence-corrected chi connectivity index (χ0v) is 19.8. The Balaban J connectivity index is 1.49. The highest BCUT2D eigenvalue weighted by Crippen LogP contribution is 2.29. The fraction of sp³-hybridized carbons (Fsp3) is 0.417. The number of hydrogen-bond acceptors (Lipinski definition) is 4. The fourth-order valence-electron chi connectivity index (χ4n) is 4.93. The number of carbonyl (C=O) groups is 2. The molecule has 2 heterocycles. The van der Waals surface area contributed by atoms with Gasteiger partial charge in [0.25, 0.3) is 5.91 Å². The third kappa shape index (κ3) is 3.87. The summed E-state index contributed by atoms with van der Waals surface area (Å²) in [7, 11) is -3.59. The molecule has 1 N–H and O–H groups in total. The highest BCUT2D eigenvalue weighted by molar-refractivity contribution is 7.89. The maximum absolute atomic E-state index is 13.2. The predicted molar refractivity (Wildman–Crippen MR) is 122 cm³/mol. The number of amides is 2. The lowest BCUT2D eigenvalue weighted by molar-refractivity contribution is -0.918. The first-order valence-electron chi connectivity index (χ1n) is 11.0. The molecule has 0 radical (unpaired) electrons. The highest BCUT2D eigenvalue weighted by atomic mass is 32.2. The number of sulfonamides is 1. The average Bonchev–Trinajstić information content (AvgIpc) is 3.02. The Labute approximate surface area is 189 Å². The Bertz CT molecular complexity index is 1160. The largest absolute Gasteiger partial charge is 0.322 e. The minimum absolute atomic E-state index is 0.158. The van der Waals surface area contributed by atoms with Crippen molar-refractivity contribution in [3.8, 4) is 0 Å². The summed E-state index contributed by atoms with van der Waals surface area (Å²) in [5.41, 5.74) is 4.23. The van der Waals surface area contributed by atoms with Gasteiger partial charge in [0.15, 0.2) is 6.04 Å². The van der Waals surface area contributed by atoms with Gasteiger partial charge in [-0.3, -0.25) is 9.59 Å². The summed E-state index contributed by atoms with van der Waals surface area (Å²) in [4.78, 5) is 28.7. The SMILES string of the molecule is Cc1ccc(S(=O)(=O)N2CC[NH+]([C@@H]3CC(=O)N(c4c(C)cccc4C)C3=O)CC2)c(C)c1. The Morgan fingerprint density at radius 3 is 2.12 bits per heavy atom. The Morgan fingerprint density at radius 1 is 0.906 bits per heavy atom. The minimum atomic E-state index is -3.59. The van der Waals surface area contributed by atoms with Crippen molar-refractivity contribution >= 4 is 27.5 Å². The number of benzene rings is 2. The molecule has 4 rings (SSSR count). The molecule has 2 fully saturated rings. The van der Waals surface area contributed by atoms with E-state index >= 15 is 0 Å². The van der Waals surface area contributed by atoms with E-state index in [4.69, 9.17) is 0 Å². The van der Waals surface area contributed by atoms with Crippen molar-refractivity contribution in [2.24, 2.45) is 0 Å². The van der Waals surface area contributed by atoms with E-state index in [9.17, 15) is 18.0 Å². The first-order valence-corrected chi connectivity index (χ1v) is 12.4. The van der Waals surface area contributed by atoms with E-state index in [-0.39, 0.29) is 18.2 Å². The molecule has 7 nitrogen and oxygen atoms in total. The van der Waals surface area contributed by atoms with Gasteiger partial charge in [-0.25, -0.2) is 13.3 Å². The molecule has 0 unspecified atom stereocenters. The molecule has 0 saturated carbocycles. The summed E-state index contributed by atoms with van der Waals surface area (Å²) in [6, 6.07) is 10.6. The Hall–Kier alpha value is -2.55. The number of carbonyl (C=O) groups excluding carboxylic acids is 2. The molecule has 2 aromatic carbocycles. The van der Waals surface area contributed by atoms with Gasteiger partial charge in [-0.05, 0) is 50.5 Å². The van der Waals surface area contributed by atoms with Crippen LogP contribution in [0.4, 0.5) is 5.69 Å². The number of nitrogens with zero attached hydrogens (tertiary/aromatic N) is 2. The lowest BCUT2D eigenvalue weighted by atomic mass is 10.1. The van der Waals surface area contributed by atoms with E-state index in [1.54, 1.807) is 6.07 Å². The molecular formula is C24H30N3O4S+. The maximum atomic E-state index is 13.2. The normalized spacial score (nSPS) is 20.9.